The first-order chi connectivity index (χ1) is 14.0. The zero-order chi connectivity index (χ0) is 22.1. The van der Waals surface area contributed by atoms with Crippen LogP contribution in [0.4, 0.5) is 13.6 Å². The van der Waals surface area contributed by atoms with E-state index in [0.29, 0.717) is 5.56 Å². The number of amides is 1. The highest BCUT2D eigenvalue weighted by molar-refractivity contribution is 7.89. The third-order valence-corrected chi connectivity index (χ3v) is 6.38. The summed E-state index contributed by atoms with van der Waals surface area (Å²) in [6.45, 7) is 5.15. The van der Waals surface area contributed by atoms with Gasteiger partial charge < -0.3 is 9.64 Å². The SMILES string of the molecule is CC(C)(C)OC(=O)N1CCN(S(=O)(=O)c2cncc(F)c2)C(c2cccc(F)c2)C1. The van der Waals surface area contributed by atoms with Crippen LogP contribution in [-0.4, -0.2) is 53.9 Å². The van der Waals surface area contributed by atoms with Crippen molar-refractivity contribution in [3.8, 4) is 0 Å². The Morgan fingerprint density at radius 1 is 1.13 bits per heavy atom. The Kier molecular flexibility index (Phi) is 6.09. The molecule has 3 rings (SSSR count). The quantitative estimate of drug-likeness (QED) is 0.733. The monoisotopic (exact) mass is 439 g/mol. The summed E-state index contributed by atoms with van der Waals surface area (Å²) in [6, 6.07) is 5.51. The van der Waals surface area contributed by atoms with Gasteiger partial charge in [-0.15, -0.1) is 0 Å². The molecule has 1 aromatic carbocycles. The number of carbonyl (C=O) groups excluding carboxylic acids is 1. The second-order valence-corrected chi connectivity index (χ2v) is 9.84. The number of halogens is 2. The average molecular weight is 439 g/mol. The molecule has 0 saturated carbocycles. The molecule has 30 heavy (non-hydrogen) atoms. The van der Waals surface area contributed by atoms with Crippen LogP contribution in [0.25, 0.3) is 0 Å². The van der Waals surface area contributed by atoms with Gasteiger partial charge in [-0.05, 0) is 44.5 Å². The normalized spacial score (nSPS) is 18.3. The van der Waals surface area contributed by atoms with Crippen molar-refractivity contribution in [2.75, 3.05) is 19.6 Å². The fourth-order valence-electron chi connectivity index (χ4n) is 3.20. The van der Waals surface area contributed by atoms with Crippen molar-refractivity contribution in [3.05, 3.63) is 59.9 Å². The molecule has 0 bridgehead atoms. The third-order valence-electron chi connectivity index (χ3n) is 4.50. The van der Waals surface area contributed by atoms with Gasteiger partial charge in [0.25, 0.3) is 0 Å². The molecule has 0 aliphatic carbocycles. The number of ether oxygens (including phenoxy) is 1. The maximum absolute atomic E-state index is 13.9. The lowest BCUT2D eigenvalue weighted by atomic mass is 10.0. The van der Waals surface area contributed by atoms with E-state index in [0.717, 1.165) is 22.8 Å². The van der Waals surface area contributed by atoms with Gasteiger partial charge >= 0.3 is 6.09 Å². The lowest BCUT2D eigenvalue weighted by Gasteiger charge is -2.40. The van der Waals surface area contributed by atoms with Crippen LogP contribution in [0.3, 0.4) is 0 Å². The Bertz CT molecular complexity index is 1040. The molecule has 2 heterocycles. The molecule has 1 unspecified atom stereocenters. The smallest absolute Gasteiger partial charge is 0.410 e. The van der Waals surface area contributed by atoms with E-state index in [9.17, 15) is 22.0 Å². The molecule has 1 amide bonds. The Balaban J connectivity index is 1.97. The molecule has 1 atom stereocenters. The highest BCUT2D eigenvalue weighted by Gasteiger charge is 2.39. The molecule has 2 aromatic rings. The summed E-state index contributed by atoms with van der Waals surface area (Å²) < 4.78 is 60.4. The number of benzene rings is 1. The van der Waals surface area contributed by atoms with Gasteiger partial charge in [0, 0.05) is 25.8 Å². The molecule has 162 valence electrons. The zero-order valence-corrected chi connectivity index (χ0v) is 17.7. The van der Waals surface area contributed by atoms with Crippen molar-refractivity contribution in [1.29, 1.82) is 0 Å². The van der Waals surface area contributed by atoms with E-state index in [1.807, 2.05) is 0 Å². The predicted octanol–water partition coefficient (Wildman–Crippen LogP) is 3.34. The molecule has 0 N–H and O–H groups in total. The van der Waals surface area contributed by atoms with E-state index < -0.39 is 39.4 Å². The summed E-state index contributed by atoms with van der Waals surface area (Å²) in [5.41, 5.74) is -0.349. The summed E-state index contributed by atoms with van der Waals surface area (Å²) in [4.78, 5) is 17.2. The molecular weight excluding hydrogens is 416 g/mol. The molecule has 1 aliphatic rings. The number of hydrogen-bond donors (Lipinski definition) is 0. The maximum atomic E-state index is 13.9. The molecule has 1 fully saturated rings. The number of aromatic nitrogens is 1. The molecule has 0 radical (unpaired) electrons. The second-order valence-electron chi connectivity index (χ2n) is 7.95. The van der Waals surface area contributed by atoms with Gasteiger partial charge in [-0.1, -0.05) is 12.1 Å². The minimum absolute atomic E-state index is 0.0413. The van der Waals surface area contributed by atoms with Gasteiger partial charge in [0.05, 0.1) is 12.2 Å². The van der Waals surface area contributed by atoms with Crippen molar-refractivity contribution in [2.45, 2.75) is 37.3 Å². The lowest BCUT2D eigenvalue weighted by Crippen LogP contribution is -2.53. The summed E-state index contributed by atoms with van der Waals surface area (Å²) in [7, 11) is -4.15. The first-order valence-corrected chi connectivity index (χ1v) is 10.8. The standard InChI is InChI=1S/C20H23F2N3O4S/c1-20(2,3)29-19(26)24-7-8-25(18(13-24)14-5-4-6-15(21)9-14)30(27,28)17-10-16(22)11-23-12-17/h4-6,9-12,18H,7-8,13H2,1-3H3. The highest BCUT2D eigenvalue weighted by Crippen LogP contribution is 2.32. The molecule has 7 nitrogen and oxygen atoms in total. The van der Waals surface area contributed by atoms with Crippen LogP contribution >= 0.6 is 0 Å². The van der Waals surface area contributed by atoms with Gasteiger partial charge in [-0.2, -0.15) is 4.31 Å². The van der Waals surface area contributed by atoms with Crippen molar-refractivity contribution < 1.29 is 26.7 Å². The fourth-order valence-corrected chi connectivity index (χ4v) is 4.77. The van der Waals surface area contributed by atoms with Crippen molar-refractivity contribution in [1.82, 2.24) is 14.2 Å². The lowest BCUT2D eigenvalue weighted by molar-refractivity contribution is 0.0131. The minimum Gasteiger partial charge on any atom is -0.444 e. The summed E-state index contributed by atoms with van der Waals surface area (Å²) in [5, 5.41) is 0. The second kappa shape index (κ2) is 8.27. The van der Waals surface area contributed by atoms with Crippen molar-refractivity contribution in [3.63, 3.8) is 0 Å². The van der Waals surface area contributed by atoms with E-state index in [-0.39, 0.29) is 24.5 Å². The predicted molar refractivity (Wildman–Crippen MR) is 105 cm³/mol. The van der Waals surface area contributed by atoms with Crippen LogP contribution < -0.4 is 0 Å². The molecule has 1 saturated heterocycles. The van der Waals surface area contributed by atoms with Crippen LogP contribution in [0.5, 0.6) is 0 Å². The van der Waals surface area contributed by atoms with E-state index in [1.165, 1.54) is 23.1 Å². The Morgan fingerprint density at radius 2 is 1.87 bits per heavy atom. The van der Waals surface area contributed by atoms with E-state index >= 15 is 0 Å². The van der Waals surface area contributed by atoms with Crippen LogP contribution in [0.15, 0.2) is 47.6 Å². The average Bonchev–Trinajstić information content (AvgIpc) is 2.66. The number of pyridine rings is 1. The Hall–Kier alpha value is -2.59. The van der Waals surface area contributed by atoms with E-state index in [4.69, 9.17) is 4.74 Å². The Labute approximate surface area is 174 Å². The maximum Gasteiger partial charge on any atom is 0.410 e. The number of carbonyl (C=O) groups is 1. The third kappa shape index (κ3) is 4.93. The van der Waals surface area contributed by atoms with Gasteiger partial charge in [0.2, 0.25) is 10.0 Å². The largest absolute Gasteiger partial charge is 0.444 e. The van der Waals surface area contributed by atoms with E-state index in [2.05, 4.69) is 4.98 Å². The molecule has 1 aromatic heterocycles. The van der Waals surface area contributed by atoms with Crippen LogP contribution in [0.2, 0.25) is 0 Å². The van der Waals surface area contributed by atoms with Gasteiger partial charge in [0.1, 0.15) is 22.1 Å². The minimum atomic E-state index is -4.15. The van der Waals surface area contributed by atoms with Gasteiger partial charge in [0.15, 0.2) is 0 Å². The summed E-state index contributed by atoms with van der Waals surface area (Å²) in [6.07, 6.45) is 1.37. The van der Waals surface area contributed by atoms with Crippen molar-refractivity contribution >= 4 is 16.1 Å². The van der Waals surface area contributed by atoms with Crippen molar-refractivity contribution in [2.24, 2.45) is 0 Å². The zero-order valence-electron chi connectivity index (χ0n) is 16.9. The number of hydrogen-bond acceptors (Lipinski definition) is 5. The molecule has 0 spiro atoms. The molecule has 1 aliphatic heterocycles. The summed E-state index contributed by atoms with van der Waals surface area (Å²) >= 11 is 0. The molecular formula is C20H23F2N3O4S. The van der Waals surface area contributed by atoms with Crippen LogP contribution in [-0.2, 0) is 14.8 Å². The fraction of sp³-hybridized carbons (Fsp3) is 0.400. The first kappa shape index (κ1) is 22.1. The highest BCUT2D eigenvalue weighted by atomic mass is 32.2. The number of piperazine rings is 1. The van der Waals surface area contributed by atoms with Crippen LogP contribution in [0, 0.1) is 11.6 Å². The van der Waals surface area contributed by atoms with Gasteiger partial charge in [-0.25, -0.2) is 22.0 Å². The number of sulfonamides is 1. The van der Waals surface area contributed by atoms with E-state index in [1.54, 1.807) is 26.8 Å². The van der Waals surface area contributed by atoms with Gasteiger partial charge in [-0.3, -0.25) is 4.98 Å². The first-order valence-electron chi connectivity index (χ1n) is 9.33. The topological polar surface area (TPSA) is 79.8 Å². The number of nitrogens with zero attached hydrogens (tertiary/aromatic N) is 3. The van der Waals surface area contributed by atoms with Crippen LogP contribution in [0.1, 0.15) is 32.4 Å². The molecule has 10 heteroatoms. The summed E-state index contributed by atoms with van der Waals surface area (Å²) in [5.74, 6) is -1.32. The number of rotatable bonds is 3. The Morgan fingerprint density at radius 3 is 2.50 bits per heavy atom.